The smallest absolute Gasteiger partial charge is 0.264 e. The van der Waals surface area contributed by atoms with Crippen molar-refractivity contribution in [3.8, 4) is 11.8 Å². The van der Waals surface area contributed by atoms with Crippen LogP contribution in [0.2, 0.25) is 5.02 Å². The summed E-state index contributed by atoms with van der Waals surface area (Å²) in [5, 5.41) is 21.5. The number of rotatable bonds is 0. The molecule has 2 N–H and O–H groups in total. The Balaban J connectivity index is 1.45. The number of sulfonamides is 1. The maximum absolute atomic E-state index is 13.3. The van der Waals surface area contributed by atoms with Crippen LogP contribution >= 0.6 is 11.6 Å². The molecule has 8 nitrogen and oxygen atoms in total. The molecule has 6 rings (SSSR count). The number of hydrogen-bond donors (Lipinski definition) is 2. The van der Waals surface area contributed by atoms with Crippen molar-refractivity contribution in [2.75, 3.05) is 24.6 Å². The molecule has 0 aromatic heterocycles. The van der Waals surface area contributed by atoms with Crippen molar-refractivity contribution in [3.05, 3.63) is 70.3 Å². The van der Waals surface area contributed by atoms with Crippen molar-refractivity contribution in [1.82, 2.24) is 4.72 Å². The second-order valence-electron chi connectivity index (χ2n) is 13.0. The molecule has 2 aliphatic heterocycles. The summed E-state index contributed by atoms with van der Waals surface area (Å²) in [4.78, 5) is 15.6. The summed E-state index contributed by atoms with van der Waals surface area (Å²) in [6.07, 6.45) is 8.00. The molecular weight excluding hydrogens is 586 g/mol. The summed E-state index contributed by atoms with van der Waals surface area (Å²) in [5.41, 5.74) is 1.36. The van der Waals surface area contributed by atoms with Crippen LogP contribution in [0.4, 0.5) is 5.69 Å². The van der Waals surface area contributed by atoms with Crippen LogP contribution in [0, 0.1) is 29.1 Å². The molecule has 1 saturated carbocycles. The number of halogens is 1. The highest BCUT2D eigenvalue weighted by atomic mass is 35.5. The molecule has 228 valence electrons. The normalized spacial score (nSPS) is 34.3. The molecule has 43 heavy (non-hydrogen) atoms. The highest BCUT2D eigenvalue weighted by molar-refractivity contribution is 7.90. The minimum absolute atomic E-state index is 0.0349. The van der Waals surface area contributed by atoms with E-state index in [-0.39, 0.29) is 28.7 Å². The van der Waals surface area contributed by atoms with E-state index in [2.05, 4.69) is 21.8 Å². The zero-order valence-corrected chi connectivity index (χ0v) is 26.1. The first-order valence-corrected chi connectivity index (χ1v) is 17.1. The zero-order valence-electron chi connectivity index (χ0n) is 24.6. The van der Waals surface area contributed by atoms with Crippen LogP contribution in [0.15, 0.2) is 48.6 Å². The van der Waals surface area contributed by atoms with Crippen molar-refractivity contribution in [1.29, 1.82) is 5.26 Å². The quantitative estimate of drug-likeness (QED) is 0.308. The lowest BCUT2D eigenvalue weighted by Gasteiger charge is -2.47. The van der Waals surface area contributed by atoms with Gasteiger partial charge in [-0.2, -0.15) is 5.26 Å². The van der Waals surface area contributed by atoms with E-state index in [4.69, 9.17) is 16.3 Å². The van der Waals surface area contributed by atoms with Gasteiger partial charge in [-0.1, -0.05) is 30.7 Å². The van der Waals surface area contributed by atoms with E-state index in [0.29, 0.717) is 49.0 Å². The molecule has 2 aromatic carbocycles. The average Bonchev–Trinajstić information content (AvgIpc) is 3.11. The van der Waals surface area contributed by atoms with Gasteiger partial charge in [-0.3, -0.25) is 4.79 Å². The number of carbonyl (C=O) groups excluding carboxylic acids is 1. The molecule has 6 atom stereocenters. The summed E-state index contributed by atoms with van der Waals surface area (Å²) in [6.45, 7) is 4.96. The van der Waals surface area contributed by atoms with E-state index in [9.17, 15) is 23.6 Å². The first-order valence-electron chi connectivity index (χ1n) is 15.1. The topological polar surface area (TPSA) is 120 Å². The Bertz CT molecular complexity index is 1620. The van der Waals surface area contributed by atoms with Gasteiger partial charge in [0.1, 0.15) is 11.8 Å². The van der Waals surface area contributed by atoms with Crippen LogP contribution in [0.25, 0.3) is 0 Å². The number of amides is 1. The number of ether oxygens (including phenoxy) is 1. The van der Waals surface area contributed by atoms with Gasteiger partial charge < -0.3 is 14.7 Å². The number of nitrogens with one attached hydrogen (secondary N) is 1. The maximum atomic E-state index is 13.3. The Labute approximate surface area is 258 Å². The predicted octanol–water partition coefficient (Wildman–Crippen LogP) is 5.14. The van der Waals surface area contributed by atoms with Crippen LogP contribution in [-0.4, -0.2) is 50.0 Å². The second kappa shape index (κ2) is 11.1. The molecule has 2 heterocycles. The third kappa shape index (κ3) is 5.43. The SMILES string of the molecule is C[C@@H]1[C@@H](C)C/C=C\[C@](O)(C#N)[C@@H]2CC[C@H]2CN2C[C@@]3(CCCc4cc(Cl)ccc43)COc3ccc(cc32)C(=O)NS1(=O)=O. The summed E-state index contributed by atoms with van der Waals surface area (Å²) in [7, 11) is -4.00. The highest BCUT2D eigenvalue weighted by Crippen LogP contribution is 2.48. The standard InChI is InChI=1S/C33H38ClN3O5S/c1-21-5-3-14-33(39,18-35)28-10-7-25(28)17-37-19-32(13-4-6-23-15-26(34)9-11-27(23)32)20-42-30-12-8-24(16-29(30)37)31(38)36-43(40,41)22(21)2/h3,8-9,11-12,14-16,21-22,25,28,39H,4-7,10,13,17,19-20H2,1-2H3,(H,36,38)/b14-3-/t21-,22+,25-,28+,32-,33-/m0/s1. The molecule has 1 spiro atoms. The van der Waals surface area contributed by atoms with E-state index in [1.165, 1.54) is 11.1 Å². The number of allylic oxidation sites excluding steroid dienone is 1. The minimum atomic E-state index is -4.00. The zero-order chi connectivity index (χ0) is 30.6. The molecule has 1 fully saturated rings. The molecule has 0 saturated heterocycles. The Hall–Kier alpha value is -3.06. The van der Waals surface area contributed by atoms with Gasteiger partial charge in [-0.25, -0.2) is 13.1 Å². The molecule has 2 aromatic rings. The number of benzene rings is 2. The fourth-order valence-corrected chi connectivity index (χ4v) is 8.87. The van der Waals surface area contributed by atoms with Gasteiger partial charge in [0.05, 0.1) is 17.5 Å². The van der Waals surface area contributed by atoms with E-state index >= 15 is 0 Å². The summed E-state index contributed by atoms with van der Waals surface area (Å²) in [5.74, 6) is -0.651. The number of fused-ring (bicyclic) bond motifs is 4. The molecular formula is C33H38ClN3O5S. The third-order valence-electron chi connectivity index (χ3n) is 10.3. The van der Waals surface area contributed by atoms with Gasteiger partial charge in [0.25, 0.3) is 5.91 Å². The second-order valence-corrected chi connectivity index (χ2v) is 15.4. The fraction of sp³-hybridized carbons (Fsp3) is 0.515. The fourth-order valence-electron chi connectivity index (χ4n) is 7.39. The van der Waals surface area contributed by atoms with E-state index in [1.54, 1.807) is 44.2 Å². The molecule has 0 radical (unpaired) electrons. The number of aryl methyl sites for hydroxylation is 1. The molecule has 2 aliphatic carbocycles. The molecule has 0 unspecified atom stereocenters. The Kier molecular flexibility index (Phi) is 7.77. The lowest BCUT2D eigenvalue weighted by Crippen LogP contribution is -2.52. The monoisotopic (exact) mass is 623 g/mol. The van der Waals surface area contributed by atoms with Crippen molar-refractivity contribution in [2.45, 2.75) is 68.6 Å². The number of carbonyl (C=O) groups is 1. The molecule has 1 amide bonds. The van der Waals surface area contributed by atoms with Gasteiger partial charge in [0.15, 0.2) is 5.60 Å². The van der Waals surface area contributed by atoms with Crippen LogP contribution in [0.3, 0.4) is 0 Å². The average molecular weight is 624 g/mol. The van der Waals surface area contributed by atoms with E-state index in [1.807, 2.05) is 12.1 Å². The van der Waals surface area contributed by atoms with Gasteiger partial charge >= 0.3 is 0 Å². The molecule has 10 heteroatoms. The van der Waals surface area contributed by atoms with Gasteiger partial charge in [-0.15, -0.1) is 0 Å². The largest absolute Gasteiger partial charge is 0.490 e. The van der Waals surface area contributed by atoms with Gasteiger partial charge in [0.2, 0.25) is 10.0 Å². The van der Waals surface area contributed by atoms with Crippen LogP contribution in [-0.2, 0) is 21.9 Å². The van der Waals surface area contributed by atoms with Crippen LogP contribution in [0.1, 0.15) is 67.4 Å². The Morgan fingerprint density at radius 3 is 2.74 bits per heavy atom. The van der Waals surface area contributed by atoms with Gasteiger partial charge in [-0.05, 0) is 105 Å². The van der Waals surface area contributed by atoms with Crippen molar-refractivity contribution in [3.63, 3.8) is 0 Å². The number of aliphatic hydroxyl groups is 1. The first kappa shape index (κ1) is 30.0. The van der Waals surface area contributed by atoms with Crippen molar-refractivity contribution in [2.24, 2.45) is 17.8 Å². The van der Waals surface area contributed by atoms with E-state index < -0.39 is 26.8 Å². The van der Waals surface area contributed by atoms with E-state index in [0.717, 1.165) is 25.7 Å². The molecule has 4 aliphatic rings. The highest BCUT2D eigenvalue weighted by Gasteiger charge is 2.48. The number of nitrogens with zero attached hydrogens (tertiary/aromatic N) is 2. The molecule has 2 bridgehead atoms. The maximum Gasteiger partial charge on any atom is 0.264 e. The minimum Gasteiger partial charge on any atom is -0.490 e. The van der Waals surface area contributed by atoms with Crippen molar-refractivity contribution >= 4 is 33.2 Å². The lowest BCUT2D eigenvalue weighted by atomic mass is 9.64. The van der Waals surface area contributed by atoms with Crippen LogP contribution < -0.4 is 14.4 Å². The number of nitriles is 1. The Morgan fingerprint density at radius 1 is 1.19 bits per heavy atom. The lowest BCUT2D eigenvalue weighted by molar-refractivity contribution is -0.00464. The summed E-state index contributed by atoms with van der Waals surface area (Å²) < 4.78 is 35.2. The predicted molar refractivity (Wildman–Crippen MR) is 166 cm³/mol. The summed E-state index contributed by atoms with van der Waals surface area (Å²) >= 11 is 6.38. The van der Waals surface area contributed by atoms with Crippen molar-refractivity contribution < 1.29 is 23.1 Å². The Morgan fingerprint density at radius 2 is 2.00 bits per heavy atom. The van der Waals surface area contributed by atoms with Crippen LogP contribution in [0.5, 0.6) is 5.75 Å². The van der Waals surface area contributed by atoms with Gasteiger partial charge in [0, 0.05) is 35.0 Å². The third-order valence-corrected chi connectivity index (χ3v) is 12.5. The summed E-state index contributed by atoms with van der Waals surface area (Å²) in [6, 6.07) is 13.3. The first-order chi connectivity index (χ1) is 20.4. The number of anilines is 1. The number of hydrogen-bond acceptors (Lipinski definition) is 7.